The molecule has 3 rings (SSSR count). The molecule has 0 aromatic heterocycles. The van der Waals surface area contributed by atoms with Crippen LogP contribution in [0.1, 0.15) is 20.7 Å². The molecule has 0 saturated heterocycles. The summed E-state index contributed by atoms with van der Waals surface area (Å²) in [7, 11) is 0. The van der Waals surface area contributed by atoms with Gasteiger partial charge in [-0.05, 0) is 54.6 Å². The molecule has 27 heavy (non-hydrogen) atoms. The van der Waals surface area contributed by atoms with Crippen LogP contribution in [0.2, 0.25) is 10.0 Å². The number of carbonyl (C=O) groups is 2. The number of amides is 2. The van der Waals surface area contributed by atoms with Gasteiger partial charge in [-0.15, -0.1) is 0 Å². The molecule has 3 aromatic rings. The van der Waals surface area contributed by atoms with Crippen LogP contribution in [0.15, 0.2) is 66.7 Å². The summed E-state index contributed by atoms with van der Waals surface area (Å²) in [5.74, 6) is -1.32. The third-order valence-electron chi connectivity index (χ3n) is 3.70. The molecule has 0 bridgehead atoms. The standard InChI is InChI=1S/C20H13Cl2FN2O2/c21-12-5-10-15(17(22)11-12)19(26)25-18-4-2-1-3-16(18)20(27)24-14-8-6-13(23)7-9-14/h1-11H,(H,24,27)(H,25,26). The fraction of sp³-hybridized carbons (Fsp3) is 0. The van der Waals surface area contributed by atoms with Crippen LogP contribution < -0.4 is 10.6 Å². The van der Waals surface area contributed by atoms with Crippen molar-refractivity contribution in [2.45, 2.75) is 0 Å². The first-order valence-electron chi connectivity index (χ1n) is 7.86. The van der Waals surface area contributed by atoms with Gasteiger partial charge in [-0.2, -0.15) is 0 Å². The van der Waals surface area contributed by atoms with Crippen molar-refractivity contribution in [1.82, 2.24) is 0 Å². The molecule has 3 aromatic carbocycles. The molecule has 0 fully saturated rings. The van der Waals surface area contributed by atoms with Crippen LogP contribution in [0.5, 0.6) is 0 Å². The maximum Gasteiger partial charge on any atom is 0.257 e. The summed E-state index contributed by atoms with van der Waals surface area (Å²) in [5.41, 5.74) is 1.23. The lowest BCUT2D eigenvalue weighted by molar-refractivity contribution is 0.102. The molecule has 0 aliphatic carbocycles. The van der Waals surface area contributed by atoms with Crippen molar-refractivity contribution in [3.8, 4) is 0 Å². The molecule has 0 atom stereocenters. The molecule has 0 unspecified atom stereocenters. The average Bonchev–Trinajstić information content (AvgIpc) is 2.64. The highest BCUT2D eigenvalue weighted by atomic mass is 35.5. The number of carbonyl (C=O) groups excluding carboxylic acids is 2. The quantitative estimate of drug-likeness (QED) is 0.593. The van der Waals surface area contributed by atoms with Crippen molar-refractivity contribution in [3.05, 3.63) is 93.7 Å². The van der Waals surface area contributed by atoms with Gasteiger partial charge in [0.05, 0.1) is 21.8 Å². The van der Waals surface area contributed by atoms with E-state index in [2.05, 4.69) is 10.6 Å². The minimum absolute atomic E-state index is 0.202. The summed E-state index contributed by atoms with van der Waals surface area (Å²) in [4.78, 5) is 25.1. The molecule has 2 N–H and O–H groups in total. The smallest absolute Gasteiger partial charge is 0.257 e. The van der Waals surface area contributed by atoms with Gasteiger partial charge in [0.1, 0.15) is 5.82 Å². The van der Waals surface area contributed by atoms with E-state index < -0.39 is 17.6 Å². The van der Waals surface area contributed by atoms with Crippen molar-refractivity contribution in [3.63, 3.8) is 0 Å². The second-order valence-electron chi connectivity index (χ2n) is 5.58. The van der Waals surface area contributed by atoms with E-state index in [0.29, 0.717) is 16.4 Å². The van der Waals surface area contributed by atoms with Crippen molar-refractivity contribution >= 4 is 46.4 Å². The van der Waals surface area contributed by atoms with E-state index in [1.54, 1.807) is 30.3 Å². The monoisotopic (exact) mass is 402 g/mol. The molecule has 0 heterocycles. The third kappa shape index (κ3) is 4.64. The van der Waals surface area contributed by atoms with Gasteiger partial charge < -0.3 is 10.6 Å². The number of rotatable bonds is 4. The van der Waals surface area contributed by atoms with Crippen LogP contribution in [0, 0.1) is 5.82 Å². The fourth-order valence-corrected chi connectivity index (χ4v) is 2.88. The number of hydrogen-bond donors (Lipinski definition) is 2. The van der Waals surface area contributed by atoms with Gasteiger partial charge in [0, 0.05) is 10.7 Å². The maximum atomic E-state index is 13.0. The van der Waals surface area contributed by atoms with Crippen molar-refractivity contribution in [2.24, 2.45) is 0 Å². The second kappa shape index (κ2) is 8.20. The first-order valence-corrected chi connectivity index (χ1v) is 8.62. The average molecular weight is 403 g/mol. The Bertz CT molecular complexity index is 1010. The summed E-state index contributed by atoms with van der Waals surface area (Å²) in [5, 5.41) is 5.95. The minimum atomic E-state index is -0.473. The highest BCUT2D eigenvalue weighted by Gasteiger charge is 2.16. The normalized spacial score (nSPS) is 10.3. The zero-order valence-corrected chi connectivity index (χ0v) is 15.3. The highest BCUT2D eigenvalue weighted by molar-refractivity contribution is 6.37. The fourth-order valence-electron chi connectivity index (χ4n) is 2.39. The first-order chi connectivity index (χ1) is 12.9. The van der Waals surface area contributed by atoms with Gasteiger partial charge in [0.25, 0.3) is 11.8 Å². The Balaban J connectivity index is 1.82. The van der Waals surface area contributed by atoms with E-state index >= 15 is 0 Å². The maximum absolute atomic E-state index is 13.0. The van der Waals surface area contributed by atoms with Gasteiger partial charge in [-0.1, -0.05) is 35.3 Å². The van der Waals surface area contributed by atoms with Crippen LogP contribution in [-0.2, 0) is 0 Å². The van der Waals surface area contributed by atoms with Gasteiger partial charge in [-0.3, -0.25) is 9.59 Å². The minimum Gasteiger partial charge on any atom is -0.322 e. The zero-order chi connectivity index (χ0) is 19.4. The number of hydrogen-bond acceptors (Lipinski definition) is 2. The van der Waals surface area contributed by atoms with Crippen LogP contribution >= 0.6 is 23.2 Å². The Morgan fingerprint density at radius 3 is 2.15 bits per heavy atom. The predicted octanol–water partition coefficient (Wildman–Crippen LogP) is 5.64. The van der Waals surface area contributed by atoms with Crippen molar-refractivity contribution < 1.29 is 14.0 Å². The van der Waals surface area contributed by atoms with Crippen LogP contribution in [0.4, 0.5) is 15.8 Å². The number of benzene rings is 3. The second-order valence-corrected chi connectivity index (χ2v) is 6.43. The van der Waals surface area contributed by atoms with Crippen LogP contribution in [-0.4, -0.2) is 11.8 Å². The Labute approximate surface area is 164 Å². The molecular weight excluding hydrogens is 390 g/mol. The van der Waals surface area contributed by atoms with Crippen molar-refractivity contribution in [1.29, 1.82) is 0 Å². The number of anilines is 2. The summed E-state index contributed by atoms with van der Waals surface area (Å²) in [6.07, 6.45) is 0. The predicted molar refractivity (Wildman–Crippen MR) is 105 cm³/mol. The van der Waals surface area contributed by atoms with Crippen LogP contribution in [0.3, 0.4) is 0 Å². The summed E-state index contributed by atoms with van der Waals surface area (Å²) in [6, 6.07) is 16.4. The largest absolute Gasteiger partial charge is 0.322 e. The van der Waals surface area contributed by atoms with Gasteiger partial charge >= 0.3 is 0 Å². The summed E-state index contributed by atoms with van der Waals surface area (Å²) in [6.45, 7) is 0. The van der Waals surface area contributed by atoms with E-state index in [1.165, 1.54) is 36.4 Å². The molecule has 0 radical (unpaired) electrons. The van der Waals surface area contributed by atoms with E-state index in [1.807, 2.05) is 0 Å². The SMILES string of the molecule is O=C(Nc1ccccc1C(=O)Nc1ccc(F)cc1)c1ccc(Cl)cc1Cl. The Morgan fingerprint density at radius 2 is 1.44 bits per heavy atom. The molecule has 2 amide bonds. The highest BCUT2D eigenvalue weighted by Crippen LogP contribution is 2.23. The number of halogens is 3. The zero-order valence-electron chi connectivity index (χ0n) is 13.8. The number of nitrogens with one attached hydrogen (secondary N) is 2. The van der Waals surface area contributed by atoms with E-state index in [-0.39, 0.29) is 16.1 Å². The van der Waals surface area contributed by atoms with Gasteiger partial charge in [0.2, 0.25) is 0 Å². The molecule has 0 aliphatic rings. The van der Waals surface area contributed by atoms with E-state index in [4.69, 9.17) is 23.2 Å². The summed E-state index contributed by atoms with van der Waals surface area (Å²) >= 11 is 11.9. The molecule has 0 spiro atoms. The summed E-state index contributed by atoms with van der Waals surface area (Å²) < 4.78 is 13.0. The van der Waals surface area contributed by atoms with Crippen LogP contribution in [0.25, 0.3) is 0 Å². The third-order valence-corrected chi connectivity index (χ3v) is 4.25. The molecular formula is C20H13Cl2FN2O2. The molecule has 4 nitrogen and oxygen atoms in total. The van der Waals surface area contributed by atoms with Gasteiger partial charge in [-0.25, -0.2) is 4.39 Å². The first kappa shape index (κ1) is 18.9. The van der Waals surface area contributed by atoms with Crippen molar-refractivity contribution in [2.75, 3.05) is 10.6 Å². The Hall–Kier alpha value is -2.89. The van der Waals surface area contributed by atoms with Gasteiger partial charge in [0.15, 0.2) is 0 Å². The molecule has 7 heteroatoms. The number of para-hydroxylation sites is 1. The molecule has 0 aliphatic heterocycles. The lowest BCUT2D eigenvalue weighted by Crippen LogP contribution is -2.18. The van der Waals surface area contributed by atoms with E-state index in [9.17, 15) is 14.0 Å². The topological polar surface area (TPSA) is 58.2 Å². The van der Waals surface area contributed by atoms with E-state index in [0.717, 1.165) is 0 Å². The molecule has 136 valence electrons. The lowest BCUT2D eigenvalue weighted by Gasteiger charge is -2.12. The lowest BCUT2D eigenvalue weighted by atomic mass is 10.1. The molecule has 0 saturated carbocycles. The Kier molecular flexibility index (Phi) is 5.74. The Morgan fingerprint density at radius 1 is 0.778 bits per heavy atom.